The highest BCUT2D eigenvalue weighted by Crippen LogP contribution is 2.16. The van der Waals surface area contributed by atoms with Crippen LogP contribution in [0.3, 0.4) is 0 Å². The van der Waals surface area contributed by atoms with E-state index in [0.717, 1.165) is 49.8 Å². The highest BCUT2D eigenvalue weighted by molar-refractivity contribution is 5.76. The fourth-order valence-corrected chi connectivity index (χ4v) is 4.15. The van der Waals surface area contributed by atoms with E-state index in [2.05, 4.69) is 24.1 Å². The zero-order valence-corrected chi connectivity index (χ0v) is 21.1. The molecule has 0 saturated carbocycles. The Bertz CT molecular complexity index is 1220. The number of nitrogens with zero attached hydrogens (tertiary/aromatic N) is 3. The Labute approximate surface area is 205 Å². The Kier molecular flexibility index (Phi) is 9.69. The van der Waals surface area contributed by atoms with Crippen LogP contribution >= 0.6 is 0 Å². The maximum Gasteiger partial charge on any atom is 0.330 e. The normalized spacial score (nSPS) is 11.2. The van der Waals surface area contributed by atoms with Crippen molar-refractivity contribution < 1.29 is 9.53 Å². The first kappa shape index (κ1) is 26.2. The summed E-state index contributed by atoms with van der Waals surface area (Å²) in [6, 6.07) is 7.78. The summed E-state index contributed by atoms with van der Waals surface area (Å²) in [5.41, 5.74) is 1.10. The second-order valence-electron chi connectivity index (χ2n) is 8.77. The second-order valence-corrected chi connectivity index (χ2v) is 8.77. The minimum Gasteiger partial charge on any atom is -0.497 e. The number of hydrogen-bond acceptors (Lipinski definition) is 5. The number of aromatic amines is 1. The molecule has 3 aromatic rings. The van der Waals surface area contributed by atoms with Gasteiger partial charge in [0.15, 0.2) is 11.2 Å². The molecule has 0 unspecified atom stereocenters. The molecule has 0 aliphatic carbocycles. The summed E-state index contributed by atoms with van der Waals surface area (Å²) in [6.45, 7) is 5.84. The van der Waals surface area contributed by atoms with Crippen molar-refractivity contribution in [2.75, 3.05) is 13.7 Å². The molecule has 0 bridgehead atoms. The first-order valence-corrected chi connectivity index (χ1v) is 12.6. The van der Waals surface area contributed by atoms with Gasteiger partial charge in [-0.05, 0) is 37.0 Å². The van der Waals surface area contributed by atoms with E-state index in [9.17, 15) is 14.4 Å². The molecule has 0 aliphatic rings. The van der Waals surface area contributed by atoms with E-state index in [1.807, 2.05) is 28.8 Å². The minimum atomic E-state index is -0.433. The van der Waals surface area contributed by atoms with E-state index >= 15 is 0 Å². The van der Waals surface area contributed by atoms with E-state index in [4.69, 9.17) is 9.72 Å². The number of H-pyrrole nitrogens is 1. The number of ether oxygens (including phenoxy) is 1. The molecule has 9 heteroatoms. The monoisotopic (exact) mass is 483 g/mol. The van der Waals surface area contributed by atoms with E-state index in [1.165, 1.54) is 0 Å². The predicted molar refractivity (Wildman–Crippen MR) is 137 cm³/mol. The predicted octanol–water partition coefficient (Wildman–Crippen LogP) is 3.18. The van der Waals surface area contributed by atoms with Gasteiger partial charge in [-0.15, -0.1) is 0 Å². The zero-order chi connectivity index (χ0) is 25.2. The molecule has 0 aliphatic heterocycles. The van der Waals surface area contributed by atoms with Crippen molar-refractivity contribution in [3.05, 3.63) is 56.5 Å². The largest absolute Gasteiger partial charge is 0.497 e. The molecule has 2 heterocycles. The second kappa shape index (κ2) is 12.9. The summed E-state index contributed by atoms with van der Waals surface area (Å²) < 4.78 is 8.62. The third-order valence-corrected chi connectivity index (χ3v) is 6.16. The maximum absolute atomic E-state index is 12.7. The van der Waals surface area contributed by atoms with Gasteiger partial charge in [0.05, 0.1) is 7.11 Å². The zero-order valence-electron chi connectivity index (χ0n) is 21.1. The average molecular weight is 484 g/mol. The number of benzene rings is 1. The number of methoxy groups -OCH3 is 1. The smallest absolute Gasteiger partial charge is 0.330 e. The van der Waals surface area contributed by atoms with Crippen molar-refractivity contribution in [2.45, 2.75) is 78.3 Å². The number of hydrogen-bond donors (Lipinski definition) is 2. The van der Waals surface area contributed by atoms with Crippen LogP contribution in [-0.4, -0.2) is 38.7 Å². The molecule has 3 rings (SSSR count). The van der Waals surface area contributed by atoms with Crippen molar-refractivity contribution in [3.8, 4) is 5.75 Å². The standard InChI is InChI=1S/C26H37N5O4/c1-4-6-8-18-30-21(28-24-23(30)25(33)29-26(34)31(24)17-7-5-2)13-14-22(32)27-16-15-19-9-11-20(35-3)12-10-19/h9-12H,4-8,13-18H2,1-3H3,(H,27,32)(H,29,33,34). The van der Waals surface area contributed by atoms with E-state index in [0.29, 0.717) is 43.0 Å². The van der Waals surface area contributed by atoms with Gasteiger partial charge in [0, 0.05) is 32.5 Å². The van der Waals surface area contributed by atoms with Crippen LogP contribution in [0.2, 0.25) is 0 Å². The lowest BCUT2D eigenvalue weighted by atomic mass is 10.1. The number of nitrogens with one attached hydrogen (secondary N) is 2. The van der Waals surface area contributed by atoms with Crippen LogP contribution in [0.4, 0.5) is 0 Å². The summed E-state index contributed by atoms with van der Waals surface area (Å²) in [6.07, 6.45) is 6.10. The fourth-order valence-electron chi connectivity index (χ4n) is 4.15. The molecule has 0 saturated heterocycles. The van der Waals surface area contributed by atoms with Gasteiger partial charge in [0.1, 0.15) is 11.6 Å². The van der Waals surface area contributed by atoms with Crippen LogP contribution in [0.1, 0.15) is 63.8 Å². The molecule has 0 fully saturated rings. The third kappa shape index (κ3) is 6.83. The van der Waals surface area contributed by atoms with E-state index in [1.54, 1.807) is 11.7 Å². The summed E-state index contributed by atoms with van der Waals surface area (Å²) >= 11 is 0. The van der Waals surface area contributed by atoms with Gasteiger partial charge in [-0.1, -0.05) is 45.2 Å². The van der Waals surface area contributed by atoms with Gasteiger partial charge in [-0.2, -0.15) is 0 Å². The molecule has 9 nitrogen and oxygen atoms in total. The number of carbonyl (C=O) groups is 1. The van der Waals surface area contributed by atoms with E-state index in [-0.39, 0.29) is 12.3 Å². The number of carbonyl (C=O) groups excluding carboxylic acids is 1. The summed E-state index contributed by atoms with van der Waals surface area (Å²) in [5.74, 6) is 1.41. The molecular formula is C26H37N5O4. The maximum atomic E-state index is 12.7. The van der Waals surface area contributed by atoms with Crippen LogP contribution in [-0.2, 0) is 30.7 Å². The molecule has 0 spiro atoms. The topological polar surface area (TPSA) is 111 Å². The number of amides is 1. The lowest BCUT2D eigenvalue weighted by Gasteiger charge is -2.09. The van der Waals surface area contributed by atoms with Crippen molar-refractivity contribution in [1.82, 2.24) is 24.4 Å². The van der Waals surface area contributed by atoms with Gasteiger partial charge in [-0.3, -0.25) is 19.1 Å². The quantitative estimate of drug-likeness (QED) is 0.342. The van der Waals surface area contributed by atoms with Crippen LogP contribution in [0.5, 0.6) is 5.75 Å². The molecule has 0 radical (unpaired) electrons. The molecule has 0 atom stereocenters. The summed E-state index contributed by atoms with van der Waals surface area (Å²) in [7, 11) is 1.63. The minimum absolute atomic E-state index is 0.0667. The molecular weight excluding hydrogens is 446 g/mol. The van der Waals surface area contributed by atoms with Gasteiger partial charge >= 0.3 is 5.69 Å². The molecule has 1 amide bonds. The Morgan fingerprint density at radius 1 is 1.00 bits per heavy atom. The summed E-state index contributed by atoms with van der Waals surface area (Å²) in [4.78, 5) is 44.9. The SMILES string of the molecule is CCCCCn1c(CCC(=O)NCCc2ccc(OC)cc2)nc2c1c(=O)[nH]c(=O)n2CCCC. The van der Waals surface area contributed by atoms with Gasteiger partial charge in [-0.25, -0.2) is 9.78 Å². The summed E-state index contributed by atoms with van der Waals surface area (Å²) in [5, 5.41) is 2.96. The first-order valence-electron chi connectivity index (χ1n) is 12.6. The van der Waals surface area contributed by atoms with Crippen molar-refractivity contribution >= 4 is 17.1 Å². The van der Waals surface area contributed by atoms with E-state index < -0.39 is 11.2 Å². The van der Waals surface area contributed by atoms with Gasteiger partial charge in [0.25, 0.3) is 5.56 Å². The molecule has 2 aromatic heterocycles. The lowest BCUT2D eigenvalue weighted by Crippen LogP contribution is -2.31. The Hall–Kier alpha value is -3.36. The number of unbranched alkanes of at least 4 members (excludes halogenated alkanes) is 3. The number of imidazole rings is 1. The Morgan fingerprint density at radius 2 is 1.71 bits per heavy atom. The van der Waals surface area contributed by atoms with Crippen molar-refractivity contribution in [1.29, 1.82) is 0 Å². The Morgan fingerprint density at radius 3 is 2.40 bits per heavy atom. The van der Waals surface area contributed by atoms with Crippen molar-refractivity contribution in [2.24, 2.45) is 0 Å². The number of rotatable bonds is 14. The van der Waals surface area contributed by atoms with Crippen molar-refractivity contribution in [3.63, 3.8) is 0 Å². The van der Waals surface area contributed by atoms with Crippen LogP contribution < -0.4 is 21.3 Å². The first-order chi connectivity index (χ1) is 17.0. The van der Waals surface area contributed by atoms with Gasteiger partial charge < -0.3 is 14.6 Å². The highest BCUT2D eigenvalue weighted by atomic mass is 16.5. The van der Waals surface area contributed by atoms with Crippen LogP contribution in [0.15, 0.2) is 33.9 Å². The average Bonchev–Trinajstić information content (AvgIpc) is 3.22. The number of aryl methyl sites for hydroxylation is 3. The fraction of sp³-hybridized carbons (Fsp3) is 0.538. The highest BCUT2D eigenvalue weighted by Gasteiger charge is 2.19. The molecule has 2 N–H and O–H groups in total. The molecule has 35 heavy (non-hydrogen) atoms. The third-order valence-electron chi connectivity index (χ3n) is 6.16. The molecule has 1 aromatic carbocycles. The molecule has 190 valence electrons. The number of aromatic nitrogens is 4. The van der Waals surface area contributed by atoms with Gasteiger partial charge in [0.2, 0.25) is 5.91 Å². The lowest BCUT2D eigenvalue weighted by molar-refractivity contribution is -0.121. The van der Waals surface area contributed by atoms with Crippen LogP contribution in [0.25, 0.3) is 11.2 Å². The Balaban J connectivity index is 1.72. The number of fused-ring (bicyclic) bond motifs is 1. The van der Waals surface area contributed by atoms with Crippen LogP contribution in [0, 0.1) is 0 Å².